The van der Waals surface area contributed by atoms with Gasteiger partial charge in [0.15, 0.2) is 5.65 Å². The molecule has 1 saturated heterocycles. The van der Waals surface area contributed by atoms with E-state index < -0.39 is 0 Å². The summed E-state index contributed by atoms with van der Waals surface area (Å²) in [4.78, 5) is 28.5. The number of aromatic nitrogens is 3. The normalized spacial score (nSPS) is 17.3. The van der Waals surface area contributed by atoms with Crippen LogP contribution in [0.5, 0.6) is 0 Å². The molecule has 1 atom stereocenters. The Balaban J connectivity index is 1.68. The molecule has 0 saturated carbocycles. The average Bonchev–Trinajstić information content (AvgIpc) is 3.20. The fourth-order valence-electron chi connectivity index (χ4n) is 3.11. The fraction of sp³-hybridized carbons (Fsp3) is 0.278. The molecule has 2 aromatic heterocycles. The highest BCUT2D eigenvalue weighted by atomic mass is 16.5. The number of carbonyl (C=O) groups excluding carboxylic acids is 1. The van der Waals surface area contributed by atoms with Crippen molar-refractivity contribution in [2.24, 2.45) is 5.92 Å². The van der Waals surface area contributed by atoms with Gasteiger partial charge in [-0.3, -0.25) is 14.7 Å². The van der Waals surface area contributed by atoms with E-state index in [1.165, 1.54) is 10.6 Å². The topological polar surface area (TPSA) is 76.5 Å². The molecule has 1 aliphatic rings. The van der Waals surface area contributed by atoms with E-state index in [4.69, 9.17) is 4.74 Å². The molecular formula is C18H17N3O3. The minimum Gasteiger partial charge on any atom is -0.465 e. The number of fused-ring (bicyclic) bond motifs is 1. The van der Waals surface area contributed by atoms with Crippen LogP contribution in [0.4, 0.5) is 0 Å². The second-order valence-corrected chi connectivity index (χ2v) is 5.99. The quantitative estimate of drug-likeness (QED) is 0.747. The molecule has 1 unspecified atom stereocenters. The average molecular weight is 323 g/mol. The first kappa shape index (κ1) is 14.7. The van der Waals surface area contributed by atoms with Gasteiger partial charge in [0.25, 0.3) is 5.56 Å². The standard InChI is InChI=1S/C18H17N3O3/c22-16-10-14(7-6-13-8-9-24-18(13)23)20-17-15(11-19-21(16)17)12-4-2-1-3-5-12/h1-5,10-11,13,19H,6-9H2. The van der Waals surface area contributed by atoms with Crippen LogP contribution in [0.2, 0.25) is 0 Å². The number of esters is 1. The number of benzene rings is 1. The van der Waals surface area contributed by atoms with Crippen molar-refractivity contribution in [2.75, 3.05) is 6.61 Å². The van der Waals surface area contributed by atoms with Crippen LogP contribution in [0.1, 0.15) is 18.5 Å². The van der Waals surface area contributed by atoms with Crippen LogP contribution in [-0.4, -0.2) is 27.2 Å². The van der Waals surface area contributed by atoms with Gasteiger partial charge in [0.1, 0.15) is 0 Å². The van der Waals surface area contributed by atoms with Gasteiger partial charge in [0, 0.05) is 23.5 Å². The minimum absolute atomic E-state index is 0.0786. The molecule has 6 nitrogen and oxygen atoms in total. The molecule has 1 fully saturated rings. The Morgan fingerprint density at radius 1 is 1.25 bits per heavy atom. The van der Waals surface area contributed by atoms with E-state index in [0.717, 1.165) is 17.5 Å². The van der Waals surface area contributed by atoms with Gasteiger partial charge in [-0.25, -0.2) is 9.50 Å². The lowest BCUT2D eigenvalue weighted by atomic mass is 10.0. The third-order valence-corrected chi connectivity index (χ3v) is 4.43. The number of ether oxygens (including phenoxy) is 1. The second kappa shape index (κ2) is 5.96. The van der Waals surface area contributed by atoms with Gasteiger partial charge in [-0.05, 0) is 24.8 Å². The summed E-state index contributed by atoms with van der Waals surface area (Å²) in [5.41, 5.74) is 3.05. The first-order chi connectivity index (χ1) is 11.7. The fourth-order valence-corrected chi connectivity index (χ4v) is 3.11. The van der Waals surface area contributed by atoms with Crippen LogP contribution in [0.15, 0.2) is 47.4 Å². The van der Waals surface area contributed by atoms with Gasteiger partial charge in [-0.1, -0.05) is 30.3 Å². The van der Waals surface area contributed by atoms with Gasteiger partial charge >= 0.3 is 5.97 Å². The Labute approximate surface area is 138 Å². The molecule has 3 aromatic rings. The van der Waals surface area contributed by atoms with Crippen molar-refractivity contribution in [3.63, 3.8) is 0 Å². The van der Waals surface area contributed by atoms with Crippen LogP contribution < -0.4 is 5.56 Å². The Kier molecular flexibility index (Phi) is 3.65. The predicted octanol–water partition coefficient (Wildman–Crippen LogP) is 2.19. The van der Waals surface area contributed by atoms with Crippen molar-refractivity contribution in [3.8, 4) is 11.1 Å². The molecule has 0 aliphatic carbocycles. The molecule has 0 spiro atoms. The molecule has 3 heterocycles. The van der Waals surface area contributed by atoms with E-state index in [2.05, 4.69) is 10.1 Å². The maximum absolute atomic E-state index is 12.3. The molecule has 122 valence electrons. The zero-order valence-corrected chi connectivity index (χ0v) is 13.1. The Morgan fingerprint density at radius 3 is 2.83 bits per heavy atom. The zero-order chi connectivity index (χ0) is 16.5. The number of hydrogen-bond acceptors (Lipinski definition) is 4. The first-order valence-electron chi connectivity index (χ1n) is 8.04. The second-order valence-electron chi connectivity index (χ2n) is 5.99. The van der Waals surface area contributed by atoms with Crippen molar-refractivity contribution >= 4 is 11.6 Å². The maximum atomic E-state index is 12.3. The third-order valence-electron chi connectivity index (χ3n) is 4.43. The summed E-state index contributed by atoms with van der Waals surface area (Å²) in [5.74, 6) is -0.218. The number of aryl methyl sites for hydroxylation is 1. The zero-order valence-electron chi connectivity index (χ0n) is 13.1. The van der Waals surface area contributed by atoms with Crippen LogP contribution >= 0.6 is 0 Å². The summed E-state index contributed by atoms with van der Waals surface area (Å²) in [6.45, 7) is 0.495. The van der Waals surface area contributed by atoms with Crippen molar-refractivity contribution in [1.82, 2.24) is 14.6 Å². The summed E-state index contributed by atoms with van der Waals surface area (Å²) in [7, 11) is 0. The number of H-pyrrole nitrogens is 1. The van der Waals surface area contributed by atoms with Crippen molar-refractivity contribution in [2.45, 2.75) is 19.3 Å². The molecule has 6 heteroatoms. The summed E-state index contributed by atoms with van der Waals surface area (Å²) in [5, 5.41) is 2.95. The number of aromatic amines is 1. The third kappa shape index (κ3) is 2.60. The SMILES string of the molecule is O=C1OCCC1CCc1cc(=O)n2[nH]cc(-c3ccccc3)c2n1. The number of hydrogen-bond donors (Lipinski definition) is 1. The van der Waals surface area contributed by atoms with Crippen LogP contribution in [0, 0.1) is 5.92 Å². The highest BCUT2D eigenvalue weighted by Crippen LogP contribution is 2.23. The lowest BCUT2D eigenvalue weighted by Gasteiger charge is -2.05. The van der Waals surface area contributed by atoms with E-state index in [1.54, 1.807) is 6.20 Å². The van der Waals surface area contributed by atoms with Gasteiger partial charge in [0.05, 0.1) is 12.5 Å². The van der Waals surface area contributed by atoms with Crippen LogP contribution in [-0.2, 0) is 16.0 Å². The first-order valence-corrected chi connectivity index (χ1v) is 8.04. The largest absolute Gasteiger partial charge is 0.465 e. The number of rotatable bonds is 4. The molecule has 0 amide bonds. The maximum Gasteiger partial charge on any atom is 0.309 e. The Bertz CT molecular complexity index is 943. The monoisotopic (exact) mass is 323 g/mol. The van der Waals surface area contributed by atoms with Gasteiger partial charge < -0.3 is 4.74 Å². The van der Waals surface area contributed by atoms with E-state index in [9.17, 15) is 9.59 Å². The van der Waals surface area contributed by atoms with Crippen molar-refractivity contribution in [3.05, 3.63) is 58.6 Å². The van der Waals surface area contributed by atoms with E-state index in [1.807, 2.05) is 30.3 Å². The van der Waals surface area contributed by atoms with E-state index in [-0.39, 0.29) is 17.4 Å². The number of nitrogens with one attached hydrogen (secondary N) is 1. The molecule has 0 bridgehead atoms. The number of cyclic esters (lactones) is 1. The number of nitrogens with zero attached hydrogens (tertiary/aromatic N) is 2. The highest BCUT2D eigenvalue weighted by molar-refractivity contribution is 5.77. The lowest BCUT2D eigenvalue weighted by molar-refractivity contribution is -0.141. The summed E-state index contributed by atoms with van der Waals surface area (Å²) in [6, 6.07) is 11.3. The molecule has 1 aromatic carbocycles. The Hall–Kier alpha value is -2.89. The van der Waals surface area contributed by atoms with Gasteiger partial charge in [0.2, 0.25) is 0 Å². The molecule has 1 aliphatic heterocycles. The molecule has 24 heavy (non-hydrogen) atoms. The molecule has 4 rings (SSSR count). The van der Waals surface area contributed by atoms with Gasteiger partial charge in [-0.15, -0.1) is 0 Å². The minimum atomic E-state index is -0.147. The lowest BCUT2D eigenvalue weighted by Crippen LogP contribution is -2.16. The van der Waals surface area contributed by atoms with E-state index >= 15 is 0 Å². The molecule has 0 radical (unpaired) electrons. The van der Waals surface area contributed by atoms with Crippen LogP contribution in [0.3, 0.4) is 0 Å². The van der Waals surface area contributed by atoms with Gasteiger partial charge in [-0.2, -0.15) is 0 Å². The summed E-state index contributed by atoms with van der Waals surface area (Å²) >= 11 is 0. The van der Waals surface area contributed by atoms with Crippen LogP contribution in [0.25, 0.3) is 16.8 Å². The summed E-state index contributed by atoms with van der Waals surface area (Å²) in [6.07, 6.45) is 3.79. The van der Waals surface area contributed by atoms with Crippen molar-refractivity contribution < 1.29 is 9.53 Å². The number of carbonyl (C=O) groups is 1. The smallest absolute Gasteiger partial charge is 0.309 e. The highest BCUT2D eigenvalue weighted by Gasteiger charge is 2.26. The van der Waals surface area contributed by atoms with Crippen molar-refractivity contribution in [1.29, 1.82) is 0 Å². The van der Waals surface area contributed by atoms with E-state index in [0.29, 0.717) is 30.8 Å². The molecular weight excluding hydrogens is 306 g/mol. The predicted molar refractivity (Wildman–Crippen MR) is 88.6 cm³/mol. The molecule has 1 N–H and O–H groups in total. The summed E-state index contributed by atoms with van der Waals surface area (Å²) < 4.78 is 6.42. The Morgan fingerprint density at radius 2 is 2.08 bits per heavy atom.